The summed E-state index contributed by atoms with van der Waals surface area (Å²) in [7, 11) is 0. The second-order valence-corrected chi connectivity index (χ2v) is 2.36. The van der Waals surface area contributed by atoms with Crippen LogP contribution in [-0.4, -0.2) is 39.0 Å². The highest BCUT2D eigenvalue weighted by Crippen LogP contribution is 1.92. The van der Waals surface area contributed by atoms with Gasteiger partial charge in [0.25, 0.3) is 0 Å². The summed E-state index contributed by atoms with van der Waals surface area (Å²) in [5.74, 6) is 0.530. The zero-order chi connectivity index (χ0) is 12.1. The molecular formula is C7H14O7. The first kappa shape index (κ1) is 18.1. The van der Waals surface area contributed by atoms with E-state index in [0.717, 1.165) is 6.29 Å². The second kappa shape index (κ2) is 13.8. The summed E-state index contributed by atoms with van der Waals surface area (Å²) >= 11 is 0. The molecule has 0 aromatic rings. The summed E-state index contributed by atoms with van der Waals surface area (Å²) in [6.45, 7) is 4.04. The molecule has 4 N–H and O–H groups in total. The maximum absolute atomic E-state index is 9.62. The summed E-state index contributed by atoms with van der Waals surface area (Å²) in [6.07, 6.45) is -2.02. The molecule has 14 heavy (non-hydrogen) atoms. The standard InChI is InChI=1S/C5H10O.2CH2O3/c1-5(2)3-4-6;2*2-1(3)4/h4-5H,3H2,1-2H3;2*(H2,2,3,4). The van der Waals surface area contributed by atoms with Gasteiger partial charge in [-0.25, -0.2) is 9.59 Å². The SMILES string of the molecule is CC(C)CC=O.O=C(O)O.O=C(O)O. The third kappa shape index (κ3) is 592. The lowest BCUT2D eigenvalue weighted by atomic mass is 10.2. The van der Waals surface area contributed by atoms with Crippen LogP contribution in [0.4, 0.5) is 9.59 Å². The number of hydrogen-bond donors (Lipinski definition) is 4. The van der Waals surface area contributed by atoms with Gasteiger partial charge in [-0.3, -0.25) is 0 Å². The monoisotopic (exact) mass is 210 g/mol. The fourth-order valence-corrected chi connectivity index (χ4v) is 0.192. The molecule has 0 aliphatic rings. The quantitative estimate of drug-likeness (QED) is 0.509. The van der Waals surface area contributed by atoms with Crippen molar-refractivity contribution in [1.29, 1.82) is 0 Å². The molecule has 0 saturated carbocycles. The smallest absolute Gasteiger partial charge is 0.450 e. The Bertz CT molecular complexity index is 143. The van der Waals surface area contributed by atoms with E-state index in [-0.39, 0.29) is 0 Å². The molecule has 0 saturated heterocycles. The highest BCUT2D eigenvalue weighted by Gasteiger charge is 1.85. The minimum absolute atomic E-state index is 0.530. The van der Waals surface area contributed by atoms with Gasteiger partial charge in [0.15, 0.2) is 0 Å². The van der Waals surface area contributed by atoms with E-state index in [1.165, 1.54) is 0 Å². The Hall–Kier alpha value is -1.79. The van der Waals surface area contributed by atoms with Gasteiger partial charge in [0.2, 0.25) is 0 Å². The predicted molar refractivity (Wildman–Crippen MR) is 46.8 cm³/mol. The first-order valence-corrected chi connectivity index (χ1v) is 3.51. The maximum atomic E-state index is 9.62. The number of hydrogen-bond acceptors (Lipinski definition) is 3. The van der Waals surface area contributed by atoms with Crippen molar-refractivity contribution in [2.75, 3.05) is 0 Å². The molecule has 0 amide bonds. The molecular weight excluding hydrogens is 196 g/mol. The van der Waals surface area contributed by atoms with Crippen molar-refractivity contribution in [3.8, 4) is 0 Å². The molecule has 0 bridgehead atoms. The molecule has 0 rings (SSSR count). The zero-order valence-electron chi connectivity index (χ0n) is 7.88. The zero-order valence-corrected chi connectivity index (χ0v) is 7.88. The van der Waals surface area contributed by atoms with E-state index in [9.17, 15) is 4.79 Å². The summed E-state index contributed by atoms with van der Waals surface area (Å²) in [4.78, 5) is 26.7. The number of rotatable bonds is 2. The van der Waals surface area contributed by atoms with Gasteiger partial charge in [-0.2, -0.15) is 0 Å². The van der Waals surface area contributed by atoms with Crippen LogP contribution in [0.5, 0.6) is 0 Å². The average Bonchev–Trinajstić information content (AvgIpc) is 1.82. The number of carbonyl (C=O) groups is 3. The highest BCUT2D eigenvalue weighted by atomic mass is 16.6. The number of carboxylic acid groups (broad SMARTS) is 4. The third-order valence-electron chi connectivity index (χ3n) is 0.568. The molecule has 0 aliphatic heterocycles. The Balaban J connectivity index is -0.000000135. The van der Waals surface area contributed by atoms with Crippen molar-refractivity contribution in [2.45, 2.75) is 20.3 Å². The lowest BCUT2D eigenvalue weighted by molar-refractivity contribution is -0.108. The molecule has 0 radical (unpaired) electrons. The van der Waals surface area contributed by atoms with E-state index in [4.69, 9.17) is 30.0 Å². The lowest BCUT2D eigenvalue weighted by Gasteiger charge is -1.89. The van der Waals surface area contributed by atoms with Gasteiger partial charge in [-0.05, 0) is 5.92 Å². The van der Waals surface area contributed by atoms with Crippen molar-refractivity contribution in [3.63, 3.8) is 0 Å². The van der Waals surface area contributed by atoms with Gasteiger partial charge in [-0.15, -0.1) is 0 Å². The van der Waals surface area contributed by atoms with Gasteiger partial charge in [-0.1, -0.05) is 13.8 Å². The Morgan fingerprint density at radius 3 is 1.29 bits per heavy atom. The average molecular weight is 210 g/mol. The first-order chi connectivity index (χ1) is 6.23. The van der Waals surface area contributed by atoms with Crippen LogP contribution in [0.15, 0.2) is 0 Å². The van der Waals surface area contributed by atoms with Crippen molar-refractivity contribution >= 4 is 18.6 Å². The first-order valence-electron chi connectivity index (χ1n) is 3.51. The normalized spacial score (nSPS) is 7.36. The van der Waals surface area contributed by atoms with Crippen LogP contribution in [0, 0.1) is 5.92 Å². The fourth-order valence-electron chi connectivity index (χ4n) is 0.192. The molecule has 0 spiro atoms. The van der Waals surface area contributed by atoms with Gasteiger partial charge in [0.1, 0.15) is 6.29 Å². The van der Waals surface area contributed by atoms with Crippen LogP contribution >= 0.6 is 0 Å². The largest absolute Gasteiger partial charge is 0.503 e. The second-order valence-electron chi connectivity index (χ2n) is 2.36. The van der Waals surface area contributed by atoms with E-state index < -0.39 is 12.3 Å². The third-order valence-corrected chi connectivity index (χ3v) is 0.568. The van der Waals surface area contributed by atoms with Crippen molar-refractivity contribution in [3.05, 3.63) is 0 Å². The van der Waals surface area contributed by atoms with Gasteiger partial charge < -0.3 is 25.2 Å². The lowest BCUT2D eigenvalue weighted by Crippen LogP contribution is -1.84. The van der Waals surface area contributed by atoms with Gasteiger partial charge >= 0.3 is 12.3 Å². The molecule has 0 heterocycles. The summed E-state index contributed by atoms with van der Waals surface area (Å²) in [5.41, 5.74) is 0. The van der Waals surface area contributed by atoms with E-state index in [0.29, 0.717) is 12.3 Å². The molecule has 0 aromatic carbocycles. The minimum atomic E-state index is -1.83. The Labute approximate surface area is 80.6 Å². The molecule has 7 nitrogen and oxygen atoms in total. The molecule has 0 unspecified atom stereocenters. The summed E-state index contributed by atoms with van der Waals surface area (Å²) in [6, 6.07) is 0. The van der Waals surface area contributed by atoms with Crippen molar-refractivity contribution < 1.29 is 34.8 Å². The fraction of sp³-hybridized carbons (Fsp3) is 0.571. The van der Waals surface area contributed by atoms with Gasteiger partial charge in [0, 0.05) is 6.42 Å². The molecule has 0 fully saturated rings. The number of aldehydes is 1. The van der Waals surface area contributed by atoms with E-state index in [2.05, 4.69) is 0 Å². The van der Waals surface area contributed by atoms with Gasteiger partial charge in [0.05, 0.1) is 0 Å². The van der Waals surface area contributed by atoms with Crippen LogP contribution in [0.3, 0.4) is 0 Å². The van der Waals surface area contributed by atoms with Crippen molar-refractivity contribution in [2.24, 2.45) is 5.92 Å². The van der Waals surface area contributed by atoms with E-state index in [1.54, 1.807) is 0 Å². The molecule has 0 aromatic heterocycles. The van der Waals surface area contributed by atoms with E-state index in [1.807, 2.05) is 13.8 Å². The van der Waals surface area contributed by atoms with E-state index >= 15 is 0 Å². The molecule has 0 aliphatic carbocycles. The molecule has 7 heteroatoms. The van der Waals surface area contributed by atoms with Crippen LogP contribution in [0.25, 0.3) is 0 Å². The van der Waals surface area contributed by atoms with Crippen molar-refractivity contribution in [1.82, 2.24) is 0 Å². The molecule has 84 valence electrons. The Morgan fingerprint density at radius 1 is 1.07 bits per heavy atom. The molecule has 0 atom stereocenters. The Kier molecular flexibility index (Phi) is 17.8. The predicted octanol–water partition coefficient (Wildman–Crippen LogP) is 1.68. The van der Waals surface area contributed by atoms with Crippen LogP contribution in [0.2, 0.25) is 0 Å². The number of carbonyl (C=O) groups excluding carboxylic acids is 1. The van der Waals surface area contributed by atoms with Crippen LogP contribution in [0.1, 0.15) is 20.3 Å². The van der Waals surface area contributed by atoms with Crippen LogP contribution in [-0.2, 0) is 4.79 Å². The summed E-state index contributed by atoms with van der Waals surface area (Å²) in [5, 5.41) is 27.9. The summed E-state index contributed by atoms with van der Waals surface area (Å²) < 4.78 is 0. The topological polar surface area (TPSA) is 132 Å². The minimum Gasteiger partial charge on any atom is -0.450 e. The van der Waals surface area contributed by atoms with Crippen LogP contribution < -0.4 is 0 Å². The highest BCUT2D eigenvalue weighted by molar-refractivity contribution is 5.53. The maximum Gasteiger partial charge on any atom is 0.503 e. The Morgan fingerprint density at radius 2 is 1.29 bits per heavy atom.